The van der Waals surface area contributed by atoms with Gasteiger partial charge in [0.2, 0.25) is 0 Å². The minimum absolute atomic E-state index is 0. The first kappa shape index (κ1) is 8100. The molecule has 0 unspecified atom stereocenters. The van der Waals surface area contributed by atoms with E-state index < -0.39 is 0 Å². The first-order valence-corrected chi connectivity index (χ1v) is 0. The molecule has 0 radical (unpaired) electrons. The Morgan fingerprint density at radius 3 is 0.182 bits per heavy atom. The molecular formula is H12F10S. The average molecular weight is 234 g/mol. The van der Waals surface area contributed by atoms with Gasteiger partial charge in [-0.1, -0.05) is 0 Å². The molecule has 0 aromatic heterocycles. The number of hydrogen-bond acceptors (Lipinski definition) is 0. The summed E-state index contributed by atoms with van der Waals surface area (Å²) in [6, 6.07) is 0. The normalized spacial score (nSPS) is 0. The van der Waals surface area contributed by atoms with Crippen molar-refractivity contribution in [3.8, 4) is 0 Å². The zero-order chi connectivity index (χ0) is 0. The second kappa shape index (κ2) is 5890. The molecule has 0 aliphatic heterocycles. The summed E-state index contributed by atoms with van der Waals surface area (Å²) in [6.07, 6.45) is 0. The Balaban J connectivity index is 0. The average Bonchev–Trinajstić information content (AvgIpc) is 0. The summed E-state index contributed by atoms with van der Waals surface area (Å²) in [7, 11) is 0. The van der Waals surface area contributed by atoms with Crippen LogP contribution in [0.2, 0.25) is 0 Å². The van der Waals surface area contributed by atoms with E-state index >= 15 is 0 Å². The fraction of sp³-hybridized carbons (Fsp3) is 0. The number of hydrogen-bond donors (Lipinski definition) is 0. The molecule has 0 nitrogen and oxygen atoms in total. The summed E-state index contributed by atoms with van der Waals surface area (Å²) in [5, 5.41) is 0. The molecule has 11 heteroatoms. The van der Waals surface area contributed by atoms with Crippen molar-refractivity contribution in [2.75, 3.05) is 0 Å². The van der Waals surface area contributed by atoms with Gasteiger partial charge in [-0.05, 0) is 0 Å². The van der Waals surface area contributed by atoms with Crippen LogP contribution in [-0.2, 0) is 0 Å². The maximum absolute atomic E-state index is 0. The van der Waals surface area contributed by atoms with Crippen molar-refractivity contribution >= 4 is 13.5 Å². The SMILES string of the molecule is F.F.F.F.F.F.F.F.F.F.S. The predicted octanol–water partition coefficient (Wildman–Crippen LogP) is 1.64. The largest absolute Gasteiger partial charge is 0.269 e. The summed E-state index contributed by atoms with van der Waals surface area (Å²) < 4.78 is 0. The summed E-state index contributed by atoms with van der Waals surface area (Å²) in [5.41, 5.74) is 0. The predicted molar refractivity (Wildman–Crippen MR) is 35.4 cm³/mol. The van der Waals surface area contributed by atoms with Gasteiger partial charge < -0.3 is 0 Å². The Labute approximate surface area is 61.8 Å². The van der Waals surface area contributed by atoms with Crippen LogP contribution in [0.3, 0.4) is 0 Å². The first-order chi connectivity index (χ1) is 0. The van der Waals surface area contributed by atoms with Crippen molar-refractivity contribution < 1.29 is 47.0 Å². The summed E-state index contributed by atoms with van der Waals surface area (Å²) in [4.78, 5) is 0. The quantitative estimate of drug-likeness (QED) is 0.559. The summed E-state index contributed by atoms with van der Waals surface area (Å²) >= 11 is 0. The summed E-state index contributed by atoms with van der Waals surface area (Å²) in [6.45, 7) is 0. The number of halogens is 10. The molecule has 0 atom stereocenters. The molecule has 0 saturated heterocycles. The van der Waals surface area contributed by atoms with Crippen molar-refractivity contribution in [1.82, 2.24) is 0 Å². The topological polar surface area (TPSA) is 0 Å². The van der Waals surface area contributed by atoms with Crippen molar-refractivity contribution in [3.63, 3.8) is 0 Å². The van der Waals surface area contributed by atoms with E-state index in [-0.39, 0.29) is 60.5 Å². The first-order valence-electron chi connectivity index (χ1n) is 0. The van der Waals surface area contributed by atoms with Gasteiger partial charge in [-0.15, -0.1) is 0 Å². The van der Waals surface area contributed by atoms with Gasteiger partial charge in [-0.2, -0.15) is 13.5 Å². The second-order valence-electron chi connectivity index (χ2n) is 0. The highest BCUT2D eigenvalue weighted by molar-refractivity contribution is 7.59. The van der Waals surface area contributed by atoms with Gasteiger partial charge in [0.1, 0.15) is 0 Å². The smallest absolute Gasteiger partial charge is 0.197 e. The molecule has 0 aliphatic carbocycles. The van der Waals surface area contributed by atoms with E-state index in [1.54, 1.807) is 0 Å². The van der Waals surface area contributed by atoms with Crippen molar-refractivity contribution in [1.29, 1.82) is 0 Å². The van der Waals surface area contributed by atoms with Gasteiger partial charge in [-0.3, -0.25) is 47.0 Å². The van der Waals surface area contributed by atoms with Gasteiger partial charge in [-0.25, -0.2) is 0 Å². The van der Waals surface area contributed by atoms with Gasteiger partial charge in [0.05, 0.1) is 0 Å². The third-order valence-corrected chi connectivity index (χ3v) is 0. The molecule has 0 bridgehead atoms. The second-order valence-corrected chi connectivity index (χ2v) is 0. The molecular weight excluding hydrogens is 222 g/mol. The molecule has 88 valence electrons. The van der Waals surface area contributed by atoms with Crippen LogP contribution >= 0.6 is 13.5 Å². The van der Waals surface area contributed by atoms with E-state index in [1.165, 1.54) is 0 Å². The van der Waals surface area contributed by atoms with Gasteiger partial charge in [0, 0.05) is 0 Å². The van der Waals surface area contributed by atoms with Crippen LogP contribution in [-0.4, -0.2) is 0 Å². The Bertz CT molecular complexity index is 4.83. The molecule has 0 aromatic rings. The molecule has 0 N–H and O–H groups in total. The van der Waals surface area contributed by atoms with Crippen LogP contribution < -0.4 is 0 Å². The van der Waals surface area contributed by atoms with Crippen LogP contribution in [0.5, 0.6) is 0 Å². The minimum atomic E-state index is 0. The van der Waals surface area contributed by atoms with Gasteiger partial charge in [0.15, 0.2) is 0 Å². The van der Waals surface area contributed by atoms with E-state index in [4.69, 9.17) is 0 Å². The molecule has 0 saturated carbocycles. The molecule has 11 heavy (non-hydrogen) atoms. The third kappa shape index (κ3) is 4610. The zero-order valence-electron chi connectivity index (χ0n) is 4.58. The minimum Gasteiger partial charge on any atom is -0.269 e. The van der Waals surface area contributed by atoms with Crippen LogP contribution in [0.1, 0.15) is 0 Å². The van der Waals surface area contributed by atoms with E-state index in [0.29, 0.717) is 0 Å². The van der Waals surface area contributed by atoms with Gasteiger partial charge in [0.25, 0.3) is 0 Å². The molecule has 0 spiro atoms. The lowest BCUT2D eigenvalue weighted by atomic mass is 19.0. The number of rotatable bonds is 0. The Hall–Kier alpha value is -0.350. The highest BCUT2D eigenvalue weighted by atomic mass is 32.1. The van der Waals surface area contributed by atoms with Crippen LogP contribution in [0.15, 0.2) is 0 Å². The van der Waals surface area contributed by atoms with Crippen molar-refractivity contribution in [2.24, 2.45) is 0 Å². The highest BCUT2D eigenvalue weighted by Crippen LogP contribution is 0.648. The molecule has 0 aliphatic rings. The fourth-order valence-electron chi connectivity index (χ4n) is 0. The van der Waals surface area contributed by atoms with E-state index in [2.05, 4.69) is 0 Å². The van der Waals surface area contributed by atoms with Crippen molar-refractivity contribution in [2.45, 2.75) is 0 Å². The van der Waals surface area contributed by atoms with E-state index in [1.807, 2.05) is 0 Å². The lowest BCUT2D eigenvalue weighted by molar-refractivity contribution is 1.11. The van der Waals surface area contributed by atoms with Crippen molar-refractivity contribution in [3.05, 3.63) is 0 Å². The Morgan fingerprint density at radius 1 is 0.182 bits per heavy atom. The van der Waals surface area contributed by atoms with Crippen LogP contribution in [0.4, 0.5) is 47.0 Å². The lowest BCUT2D eigenvalue weighted by Gasteiger charge is -0.270. The molecule has 0 rings (SSSR count). The lowest BCUT2D eigenvalue weighted by Crippen LogP contribution is 0.419. The Kier molecular flexibility index (Phi) is 4340000. The highest BCUT2D eigenvalue weighted by Gasteiger charge is -0.197. The zero-order valence-corrected chi connectivity index (χ0v) is 5.58. The fourth-order valence-corrected chi connectivity index (χ4v) is 0. The van der Waals surface area contributed by atoms with E-state index in [9.17, 15) is 0 Å². The third-order valence-electron chi connectivity index (χ3n) is 0. The molecule has 0 aromatic carbocycles. The summed E-state index contributed by atoms with van der Waals surface area (Å²) in [5.74, 6) is 0. The molecule has 0 fully saturated rings. The maximum Gasteiger partial charge on any atom is -0.197 e. The van der Waals surface area contributed by atoms with Gasteiger partial charge >= 0.3 is 0 Å². The van der Waals surface area contributed by atoms with Crippen LogP contribution in [0.25, 0.3) is 0 Å². The Morgan fingerprint density at radius 2 is 0.182 bits per heavy atom. The van der Waals surface area contributed by atoms with Crippen LogP contribution in [0, 0.1) is 0 Å². The molecule has 0 amide bonds. The van der Waals surface area contributed by atoms with E-state index in [0.717, 1.165) is 0 Å². The molecule has 0 heterocycles. The maximum atomic E-state index is 0. The monoisotopic (exact) mass is 234 g/mol. The standard InChI is InChI=1S/10FH.H2S/h10*1H;1H2.